The molecular weight excluding hydrogens is 581 g/mol. The molecule has 0 radical (unpaired) electrons. The number of para-hydroxylation sites is 2. The second-order valence-electron chi connectivity index (χ2n) is 12.7. The van der Waals surface area contributed by atoms with Gasteiger partial charge in [-0.3, -0.25) is 4.57 Å². The van der Waals surface area contributed by atoms with Gasteiger partial charge >= 0.3 is 0 Å². The first-order valence-corrected chi connectivity index (χ1v) is 16.6. The summed E-state index contributed by atoms with van der Waals surface area (Å²) in [5, 5.41) is 5.13. The summed E-state index contributed by atoms with van der Waals surface area (Å²) in [4.78, 5) is 4.64. The van der Waals surface area contributed by atoms with Gasteiger partial charge in [-0.2, -0.15) is 0 Å². The molecule has 10 rings (SSSR count). The van der Waals surface area contributed by atoms with E-state index in [1.165, 1.54) is 66.1 Å². The highest BCUT2D eigenvalue weighted by molar-refractivity contribution is 6.21. The zero-order chi connectivity index (χ0) is 31.7. The second-order valence-corrected chi connectivity index (χ2v) is 12.7. The molecule has 2 heteroatoms. The summed E-state index contributed by atoms with van der Waals surface area (Å²) < 4.78 is 2.17. The number of benzene rings is 8. The lowest BCUT2D eigenvalue weighted by Crippen LogP contribution is -2.34. The molecule has 0 fully saturated rings. The minimum atomic E-state index is -0.518. The van der Waals surface area contributed by atoms with Crippen LogP contribution < -0.4 is 0 Å². The molecule has 1 aliphatic rings. The topological polar surface area (TPSA) is 17.8 Å². The van der Waals surface area contributed by atoms with Crippen LogP contribution in [0.2, 0.25) is 0 Å². The van der Waals surface area contributed by atoms with Crippen LogP contribution in [0.15, 0.2) is 182 Å². The molecule has 0 atom stereocenters. The fourth-order valence-corrected chi connectivity index (χ4v) is 8.43. The van der Waals surface area contributed by atoms with Crippen molar-refractivity contribution in [1.82, 2.24) is 9.55 Å². The van der Waals surface area contributed by atoms with E-state index in [0.29, 0.717) is 0 Å². The van der Waals surface area contributed by atoms with E-state index < -0.39 is 5.41 Å². The molecule has 0 unspecified atom stereocenters. The Bertz CT molecular complexity index is 2610. The Hall–Kier alpha value is -6.25. The van der Waals surface area contributed by atoms with Crippen LogP contribution in [0.1, 0.15) is 22.3 Å². The van der Waals surface area contributed by atoms with Crippen molar-refractivity contribution < 1.29 is 0 Å². The van der Waals surface area contributed by atoms with Crippen molar-refractivity contribution >= 4 is 32.6 Å². The maximum Gasteiger partial charge on any atom is 0.100 e. The van der Waals surface area contributed by atoms with E-state index in [9.17, 15) is 0 Å². The molecule has 0 aliphatic heterocycles. The van der Waals surface area contributed by atoms with E-state index in [4.69, 9.17) is 0 Å². The molecule has 1 heterocycles. The van der Waals surface area contributed by atoms with Gasteiger partial charge in [0.25, 0.3) is 0 Å². The predicted octanol–water partition coefficient (Wildman–Crippen LogP) is 11.4. The summed E-state index contributed by atoms with van der Waals surface area (Å²) in [6, 6.07) is 64.5. The van der Waals surface area contributed by atoms with Crippen molar-refractivity contribution in [2.75, 3.05) is 0 Å². The summed E-state index contributed by atoms with van der Waals surface area (Å²) in [6.45, 7) is 0. The molecule has 0 saturated carbocycles. The molecule has 0 amide bonds. The lowest BCUT2D eigenvalue weighted by molar-refractivity contribution is 0.757. The van der Waals surface area contributed by atoms with Crippen molar-refractivity contribution in [3.8, 4) is 27.9 Å². The summed E-state index contributed by atoms with van der Waals surface area (Å²) in [6.07, 6.45) is 1.92. The average molecular weight is 611 g/mol. The number of nitrogens with zero attached hydrogens (tertiary/aromatic N) is 2. The van der Waals surface area contributed by atoms with Crippen LogP contribution in [0.3, 0.4) is 0 Å². The first kappa shape index (κ1) is 26.9. The van der Waals surface area contributed by atoms with Crippen LogP contribution in [0.5, 0.6) is 0 Å². The zero-order valence-corrected chi connectivity index (χ0v) is 26.2. The van der Waals surface area contributed by atoms with Crippen molar-refractivity contribution in [2.45, 2.75) is 5.41 Å². The van der Waals surface area contributed by atoms with E-state index in [1.807, 2.05) is 12.4 Å². The van der Waals surface area contributed by atoms with Crippen LogP contribution in [0, 0.1) is 0 Å². The summed E-state index contributed by atoms with van der Waals surface area (Å²) in [5.74, 6) is 0. The third-order valence-corrected chi connectivity index (χ3v) is 10.3. The van der Waals surface area contributed by atoms with E-state index in [1.54, 1.807) is 0 Å². The van der Waals surface area contributed by atoms with Crippen LogP contribution >= 0.6 is 0 Å². The van der Waals surface area contributed by atoms with Gasteiger partial charge in [0.05, 0.1) is 16.4 Å². The molecule has 0 spiro atoms. The van der Waals surface area contributed by atoms with Crippen LogP contribution in [-0.4, -0.2) is 9.55 Å². The fourth-order valence-electron chi connectivity index (χ4n) is 8.43. The Morgan fingerprint density at radius 3 is 1.83 bits per heavy atom. The van der Waals surface area contributed by atoms with Gasteiger partial charge in [0.15, 0.2) is 0 Å². The number of imidazole rings is 1. The standard InChI is InChI=1S/C46H30N2/c1-3-14-32(15-4-1)46(33-16-5-2-6-17-33)40-23-10-9-18-35(40)36-21-13-22-39-43(37-19-7-8-20-38(37)45(46)44(36)39)31-26-28-34(29-27-31)48-30-47-41-24-11-12-25-42(41)48/h1-30H. The number of aromatic nitrogens is 2. The Balaban J connectivity index is 1.33. The van der Waals surface area contributed by atoms with Gasteiger partial charge < -0.3 is 0 Å². The third kappa shape index (κ3) is 3.66. The smallest absolute Gasteiger partial charge is 0.100 e. The number of hydrogen-bond acceptors (Lipinski definition) is 1. The summed E-state index contributed by atoms with van der Waals surface area (Å²) in [5.41, 5.74) is 12.9. The quantitative estimate of drug-likeness (QED) is 0.181. The lowest BCUT2D eigenvalue weighted by atomic mass is 9.58. The molecule has 0 saturated heterocycles. The molecule has 8 aromatic carbocycles. The van der Waals surface area contributed by atoms with Gasteiger partial charge in [-0.1, -0.05) is 152 Å². The normalized spacial score (nSPS) is 13.2. The Kier molecular flexibility index (Phi) is 5.82. The second kappa shape index (κ2) is 10.4. The molecular formula is C46H30N2. The van der Waals surface area contributed by atoms with Crippen LogP contribution in [0.25, 0.3) is 60.5 Å². The first-order valence-electron chi connectivity index (χ1n) is 16.6. The minimum Gasteiger partial charge on any atom is -0.299 e. The highest BCUT2D eigenvalue weighted by Gasteiger charge is 2.45. The van der Waals surface area contributed by atoms with Crippen molar-refractivity contribution in [1.29, 1.82) is 0 Å². The van der Waals surface area contributed by atoms with Gasteiger partial charge in [-0.25, -0.2) is 4.98 Å². The van der Waals surface area contributed by atoms with Crippen molar-refractivity contribution in [3.63, 3.8) is 0 Å². The van der Waals surface area contributed by atoms with Gasteiger partial charge in [-0.05, 0) is 90.3 Å². The summed E-state index contributed by atoms with van der Waals surface area (Å²) >= 11 is 0. The van der Waals surface area contributed by atoms with E-state index >= 15 is 0 Å². The van der Waals surface area contributed by atoms with Gasteiger partial charge in [-0.15, -0.1) is 0 Å². The molecule has 48 heavy (non-hydrogen) atoms. The highest BCUT2D eigenvalue weighted by Crippen LogP contribution is 2.58. The monoisotopic (exact) mass is 610 g/mol. The zero-order valence-electron chi connectivity index (χ0n) is 26.2. The van der Waals surface area contributed by atoms with Gasteiger partial charge in [0.2, 0.25) is 0 Å². The molecule has 224 valence electrons. The maximum absolute atomic E-state index is 4.64. The first-order chi connectivity index (χ1) is 23.8. The predicted molar refractivity (Wildman–Crippen MR) is 199 cm³/mol. The van der Waals surface area contributed by atoms with Crippen LogP contribution in [0.4, 0.5) is 0 Å². The molecule has 0 bridgehead atoms. The van der Waals surface area contributed by atoms with Crippen molar-refractivity contribution in [3.05, 3.63) is 205 Å². The van der Waals surface area contributed by atoms with Crippen molar-refractivity contribution in [2.24, 2.45) is 0 Å². The average Bonchev–Trinajstić information content (AvgIpc) is 3.60. The Morgan fingerprint density at radius 2 is 1.06 bits per heavy atom. The number of fused-ring (bicyclic) bond motifs is 5. The highest BCUT2D eigenvalue weighted by atomic mass is 15.0. The van der Waals surface area contributed by atoms with Gasteiger partial charge in [0.1, 0.15) is 6.33 Å². The molecule has 1 aliphatic carbocycles. The Morgan fingerprint density at radius 1 is 0.458 bits per heavy atom. The van der Waals surface area contributed by atoms with E-state index in [-0.39, 0.29) is 0 Å². The molecule has 9 aromatic rings. The van der Waals surface area contributed by atoms with E-state index in [2.05, 4.69) is 179 Å². The number of hydrogen-bond donors (Lipinski definition) is 0. The van der Waals surface area contributed by atoms with Crippen LogP contribution in [-0.2, 0) is 5.41 Å². The SMILES string of the molecule is c1ccc(C2(c3ccccc3)c3ccccc3-c3cccc4c(-c5ccc(-n6cnc7ccccc76)cc5)c5ccccc5c2c34)cc1. The lowest BCUT2D eigenvalue weighted by Gasteiger charge is -2.43. The van der Waals surface area contributed by atoms with E-state index in [0.717, 1.165) is 16.7 Å². The maximum atomic E-state index is 4.64. The molecule has 1 aromatic heterocycles. The minimum absolute atomic E-state index is 0.518. The molecule has 2 nitrogen and oxygen atoms in total. The largest absolute Gasteiger partial charge is 0.299 e. The number of rotatable bonds is 4. The Labute approximate surface area is 279 Å². The fraction of sp³-hybridized carbons (Fsp3) is 0.0217. The molecule has 0 N–H and O–H groups in total. The van der Waals surface area contributed by atoms with Gasteiger partial charge in [0, 0.05) is 5.69 Å². The third-order valence-electron chi connectivity index (χ3n) is 10.3. The summed E-state index contributed by atoms with van der Waals surface area (Å²) in [7, 11) is 0.